The smallest absolute Gasteiger partial charge is 0.323 e. The zero-order valence-electron chi connectivity index (χ0n) is 10.3. The molecule has 0 fully saturated rings. The fourth-order valence-electron chi connectivity index (χ4n) is 2.44. The molecule has 0 aliphatic rings. The lowest BCUT2D eigenvalue weighted by Gasteiger charge is -2.14. The highest BCUT2D eigenvalue weighted by molar-refractivity contribution is 9.10. The van der Waals surface area contributed by atoms with Crippen LogP contribution in [0.2, 0.25) is 0 Å². The normalized spacial score (nSPS) is 11.1. The van der Waals surface area contributed by atoms with E-state index in [9.17, 15) is 9.59 Å². The molecule has 0 saturated heterocycles. The number of fused-ring (bicyclic) bond motifs is 2. The third-order valence-electron chi connectivity index (χ3n) is 3.23. The number of hydrogen-bond acceptors (Lipinski definition) is 2. The summed E-state index contributed by atoms with van der Waals surface area (Å²) in [6.45, 7) is -0.195. The van der Waals surface area contributed by atoms with E-state index in [2.05, 4.69) is 15.9 Å². The van der Waals surface area contributed by atoms with Gasteiger partial charge in [0, 0.05) is 15.2 Å². The standard InChI is InChI=1S/C15H10BrNO3/c16-11-6-3-5-10-14(11)17(8-13(18)19)12-7-2-1-4-9(12)15(10)20/h1-7H,8H2,(H,18,19). The summed E-state index contributed by atoms with van der Waals surface area (Å²) in [5.41, 5.74) is 1.15. The zero-order valence-corrected chi connectivity index (χ0v) is 11.9. The van der Waals surface area contributed by atoms with Gasteiger partial charge >= 0.3 is 5.97 Å². The fourth-order valence-corrected chi connectivity index (χ4v) is 3.02. The molecule has 0 radical (unpaired) electrons. The minimum Gasteiger partial charge on any atom is -0.480 e. The number of carbonyl (C=O) groups is 1. The van der Waals surface area contributed by atoms with Gasteiger partial charge in [0.1, 0.15) is 6.54 Å². The Hall–Kier alpha value is -2.14. The maximum absolute atomic E-state index is 12.5. The highest BCUT2D eigenvalue weighted by Gasteiger charge is 2.14. The highest BCUT2D eigenvalue weighted by Crippen LogP contribution is 2.25. The number of aromatic nitrogens is 1. The van der Waals surface area contributed by atoms with Crippen LogP contribution in [0.1, 0.15) is 0 Å². The first-order valence-electron chi connectivity index (χ1n) is 6.01. The predicted molar refractivity (Wildman–Crippen MR) is 81.0 cm³/mol. The average molecular weight is 332 g/mol. The summed E-state index contributed by atoms with van der Waals surface area (Å²) in [7, 11) is 0. The van der Waals surface area contributed by atoms with E-state index in [1.54, 1.807) is 47.0 Å². The summed E-state index contributed by atoms with van der Waals surface area (Å²) < 4.78 is 2.36. The van der Waals surface area contributed by atoms with E-state index in [0.717, 1.165) is 0 Å². The van der Waals surface area contributed by atoms with Crippen molar-refractivity contribution in [3.05, 3.63) is 57.2 Å². The molecule has 0 bridgehead atoms. The summed E-state index contributed by atoms with van der Waals surface area (Å²) in [5.74, 6) is -0.948. The first-order chi connectivity index (χ1) is 9.59. The lowest BCUT2D eigenvalue weighted by atomic mass is 10.1. The molecule has 3 aromatic rings. The molecule has 0 unspecified atom stereocenters. The van der Waals surface area contributed by atoms with Crippen LogP contribution in [0.4, 0.5) is 0 Å². The summed E-state index contributed by atoms with van der Waals surface area (Å²) >= 11 is 3.40. The van der Waals surface area contributed by atoms with Crippen LogP contribution in [-0.4, -0.2) is 15.6 Å². The maximum atomic E-state index is 12.5. The Morgan fingerprint density at radius 1 is 1.10 bits per heavy atom. The largest absolute Gasteiger partial charge is 0.480 e. The quantitative estimate of drug-likeness (QED) is 0.734. The molecule has 2 aromatic carbocycles. The van der Waals surface area contributed by atoms with Crippen molar-refractivity contribution in [2.45, 2.75) is 6.54 Å². The molecule has 0 spiro atoms. The van der Waals surface area contributed by atoms with Gasteiger partial charge in [-0.15, -0.1) is 0 Å². The maximum Gasteiger partial charge on any atom is 0.323 e. The minimum atomic E-state index is -0.948. The van der Waals surface area contributed by atoms with E-state index in [1.807, 2.05) is 0 Å². The van der Waals surface area contributed by atoms with Crippen molar-refractivity contribution in [1.29, 1.82) is 0 Å². The van der Waals surface area contributed by atoms with Gasteiger partial charge in [-0.1, -0.05) is 18.2 Å². The molecule has 0 saturated carbocycles. The Balaban J connectivity index is 2.61. The lowest BCUT2D eigenvalue weighted by molar-refractivity contribution is -0.137. The van der Waals surface area contributed by atoms with Gasteiger partial charge in [0.05, 0.1) is 11.0 Å². The van der Waals surface area contributed by atoms with Crippen LogP contribution in [0.5, 0.6) is 0 Å². The second-order valence-corrected chi connectivity index (χ2v) is 5.32. The minimum absolute atomic E-state index is 0.0847. The molecule has 1 N–H and O–H groups in total. The number of carboxylic acids is 1. The molecule has 0 aliphatic heterocycles. The molecule has 100 valence electrons. The number of nitrogens with zero attached hydrogens (tertiary/aromatic N) is 1. The van der Waals surface area contributed by atoms with Gasteiger partial charge in [-0.25, -0.2) is 0 Å². The van der Waals surface area contributed by atoms with Gasteiger partial charge in [-0.05, 0) is 40.2 Å². The van der Waals surface area contributed by atoms with E-state index >= 15 is 0 Å². The second kappa shape index (κ2) is 4.76. The first-order valence-corrected chi connectivity index (χ1v) is 6.80. The molecule has 0 atom stereocenters. The Labute approximate surface area is 122 Å². The van der Waals surface area contributed by atoms with E-state index in [0.29, 0.717) is 26.3 Å². The number of pyridine rings is 1. The number of rotatable bonds is 2. The van der Waals surface area contributed by atoms with E-state index < -0.39 is 5.97 Å². The Bertz CT molecular complexity index is 899. The number of halogens is 1. The summed E-state index contributed by atoms with van der Waals surface area (Å²) in [6.07, 6.45) is 0. The van der Waals surface area contributed by atoms with E-state index in [-0.39, 0.29) is 12.0 Å². The molecule has 1 aromatic heterocycles. The van der Waals surface area contributed by atoms with Gasteiger partial charge in [0.2, 0.25) is 0 Å². The molecule has 5 heteroatoms. The van der Waals surface area contributed by atoms with Crippen LogP contribution in [0.3, 0.4) is 0 Å². The molecule has 1 heterocycles. The van der Waals surface area contributed by atoms with Crippen LogP contribution in [0.15, 0.2) is 51.7 Å². The SMILES string of the molecule is O=C(O)Cn1c2ccccc2c(=O)c2cccc(Br)c21. The van der Waals surface area contributed by atoms with Crippen molar-refractivity contribution in [2.75, 3.05) is 0 Å². The third kappa shape index (κ3) is 1.91. The summed E-state index contributed by atoms with van der Waals surface area (Å²) in [5, 5.41) is 10.2. The van der Waals surface area contributed by atoms with Crippen LogP contribution in [0.25, 0.3) is 21.8 Å². The number of carboxylic acid groups (broad SMARTS) is 1. The second-order valence-electron chi connectivity index (χ2n) is 4.46. The van der Waals surface area contributed by atoms with Crippen molar-refractivity contribution >= 4 is 43.7 Å². The molecule has 3 rings (SSSR count). The number of benzene rings is 2. The van der Waals surface area contributed by atoms with Crippen molar-refractivity contribution in [3.8, 4) is 0 Å². The Morgan fingerprint density at radius 3 is 2.55 bits per heavy atom. The third-order valence-corrected chi connectivity index (χ3v) is 3.87. The summed E-state index contributed by atoms with van der Waals surface area (Å²) in [4.78, 5) is 23.6. The molecular weight excluding hydrogens is 322 g/mol. The van der Waals surface area contributed by atoms with Gasteiger partial charge in [0.25, 0.3) is 0 Å². The fraction of sp³-hybridized carbons (Fsp3) is 0.0667. The van der Waals surface area contributed by atoms with E-state index in [4.69, 9.17) is 5.11 Å². The van der Waals surface area contributed by atoms with Gasteiger partial charge in [0.15, 0.2) is 5.43 Å². The number of hydrogen-bond donors (Lipinski definition) is 1. The Morgan fingerprint density at radius 2 is 1.80 bits per heavy atom. The molecule has 4 nitrogen and oxygen atoms in total. The molecular formula is C15H10BrNO3. The predicted octanol–water partition coefficient (Wildman–Crippen LogP) is 3.00. The highest BCUT2D eigenvalue weighted by atomic mass is 79.9. The number of para-hydroxylation sites is 2. The van der Waals surface area contributed by atoms with Crippen LogP contribution < -0.4 is 5.43 Å². The summed E-state index contributed by atoms with van der Waals surface area (Å²) in [6, 6.07) is 12.3. The van der Waals surface area contributed by atoms with E-state index in [1.165, 1.54) is 0 Å². The zero-order chi connectivity index (χ0) is 14.3. The van der Waals surface area contributed by atoms with Gasteiger partial charge in [-0.3, -0.25) is 9.59 Å². The van der Waals surface area contributed by atoms with Crippen molar-refractivity contribution in [2.24, 2.45) is 0 Å². The van der Waals surface area contributed by atoms with Gasteiger partial charge < -0.3 is 9.67 Å². The van der Waals surface area contributed by atoms with Crippen LogP contribution in [-0.2, 0) is 11.3 Å². The molecule has 0 aliphatic carbocycles. The first kappa shape index (κ1) is 12.9. The average Bonchev–Trinajstić information content (AvgIpc) is 2.43. The Kier molecular flexibility index (Phi) is 3.06. The van der Waals surface area contributed by atoms with Crippen molar-refractivity contribution in [1.82, 2.24) is 4.57 Å². The molecule has 20 heavy (non-hydrogen) atoms. The lowest BCUT2D eigenvalue weighted by Crippen LogP contribution is -2.16. The van der Waals surface area contributed by atoms with Crippen LogP contribution >= 0.6 is 15.9 Å². The van der Waals surface area contributed by atoms with Crippen LogP contribution in [0, 0.1) is 0 Å². The van der Waals surface area contributed by atoms with Crippen molar-refractivity contribution in [3.63, 3.8) is 0 Å². The molecule has 0 amide bonds. The topological polar surface area (TPSA) is 59.3 Å². The number of aliphatic carboxylic acids is 1. The van der Waals surface area contributed by atoms with Crippen molar-refractivity contribution < 1.29 is 9.90 Å². The monoisotopic (exact) mass is 331 g/mol. The van der Waals surface area contributed by atoms with Gasteiger partial charge in [-0.2, -0.15) is 0 Å².